The lowest BCUT2D eigenvalue weighted by atomic mass is 10.4. The third kappa shape index (κ3) is 5.26. The fraction of sp³-hybridized carbons (Fsp3) is 0.0714. The fourth-order valence-corrected chi connectivity index (χ4v) is 9.55. The van der Waals surface area contributed by atoms with Gasteiger partial charge < -0.3 is 19.8 Å². The number of carbonyl (C=O) groups is 2. The van der Waals surface area contributed by atoms with Gasteiger partial charge in [-0.3, -0.25) is 9.59 Å². The standard InChI is InChI=1S/C28H26N2O4P2/c29-27(31)28(32)30(21-35(33,23-13-5-1-6-14-23)24-15-7-2-8-16-24)22-36(34,25-17-9-3-10-18-25)26-19-11-4-12-20-26/h1-20H,21-22H2,(H2,29,31). The Hall–Kier alpha value is -3.72. The Labute approximate surface area is 210 Å². The molecule has 2 amide bonds. The first-order chi connectivity index (χ1) is 17.3. The van der Waals surface area contributed by atoms with Gasteiger partial charge in [0.25, 0.3) is 0 Å². The van der Waals surface area contributed by atoms with E-state index in [1.54, 1.807) is 97.1 Å². The molecule has 0 bridgehead atoms. The third-order valence-electron chi connectivity index (χ3n) is 5.93. The summed E-state index contributed by atoms with van der Waals surface area (Å²) in [6.07, 6.45) is -0.654. The maximum Gasteiger partial charge on any atom is 0.312 e. The highest BCUT2D eigenvalue weighted by Crippen LogP contribution is 2.48. The molecule has 0 fully saturated rings. The molecule has 0 aliphatic carbocycles. The van der Waals surface area contributed by atoms with Gasteiger partial charge >= 0.3 is 11.8 Å². The Morgan fingerprint density at radius 1 is 0.528 bits per heavy atom. The molecule has 0 saturated carbocycles. The zero-order chi connectivity index (χ0) is 25.6. The van der Waals surface area contributed by atoms with Gasteiger partial charge in [-0.2, -0.15) is 0 Å². The van der Waals surface area contributed by atoms with Crippen molar-refractivity contribution in [2.24, 2.45) is 5.73 Å². The molecule has 0 aliphatic heterocycles. The molecule has 0 heterocycles. The second-order valence-corrected chi connectivity index (χ2v) is 13.9. The molecule has 4 aromatic carbocycles. The summed E-state index contributed by atoms with van der Waals surface area (Å²) in [7, 11) is -6.93. The van der Waals surface area contributed by atoms with Gasteiger partial charge in [-0.15, -0.1) is 0 Å². The summed E-state index contributed by atoms with van der Waals surface area (Å²) in [6.45, 7) is 0. The average molecular weight is 516 g/mol. The Morgan fingerprint density at radius 2 is 0.778 bits per heavy atom. The number of hydrogen-bond donors (Lipinski definition) is 1. The molecule has 0 aromatic heterocycles. The number of nitrogens with zero attached hydrogens (tertiary/aromatic N) is 1. The van der Waals surface area contributed by atoms with Crippen LogP contribution in [0.4, 0.5) is 0 Å². The summed E-state index contributed by atoms with van der Waals surface area (Å²) < 4.78 is 29.4. The lowest BCUT2D eigenvalue weighted by molar-refractivity contribution is -0.142. The molecule has 6 nitrogen and oxygen atoms in total. The van der Waals surface area contributed by atoms with Gasteiger partial charge in [-0.25, -0.2) is 0 Å². The van der Waals surface area contributed by atoms with Crippen LogP contribution in [-0.2, 0) is 18.7 Å². The van der Waals surface area contributed by atoms with E-state index in [4.69, 9.17) is 5.73 Å². The van der Waals surface area contributed by atoms with Crippen LogP contribution >= 0.6 is 14.3 Å². The highest BCUT2D eigenvalue weighted by molar-refractivity contribution is 7.79. The van der Waals surface area contributed by atoms with Crippen molar-refractivity contribution in [2.75, 3.05) is 12.6 Å². The molecule has 0 atom stereocenters. The normalized spacial score (nSPS) is 11.6. The minimum absolute atomic E-state index is 0.327. The average Bonchev–Trinajstić information content (AvgIpc) is 2.94. The Bertz CT molecular complexity index is 1240. The quantitative estimate of drug-likeness (QED) is 0.287. The number of nitrogens with two attached hydrogens (primary N) is 1. The van der Waals surface area contributed by atoms with Crippen molar-refractivity contribution in [2.45, 2.75) is 0 Å². The summed E-state index contributed by atoms with van der Waals surface area (Å²) in [4.78, 5) is 26.3. The van der Waals surface area contributed by atoms with E-state index in [2.05, 4.69) is 0 Å². The predicted molar refractivity (Wildman–Crippen MR) is 145 cm³/mol. The van der Waals surface area contributed by atoms with Crippen LogP contribution in [0, 0.1) is 0 Å². The van der Waals surface area contributed by atoms with Crippen LogP contribution in [-0.4, -0.2) is 29.3 Å². The van der Waals surface area contributed by atoms with Crippen molar-refractivity contribution < 1.29 is 18.7 Å². The highest BCUT2D eigenvalue weighted by Gasteiger charge is 2.38. The van der Waals surface area contributed by atoms with Crippen molar-refractivity contribution in [3.05, 3.63) is 121 Å². The van der Waals surface area contributed by atoms with Gasteiger partial charge in [0.2, 0.25) is 0 Å². The lowest BCUT2D eigenvalue weighted by Gasteiger charge is -2.31. The Balaban J connectivity index is 1.85. The third-order valence-corrected chi connectivity index (χ3v) is 11.9. The van der Waals surface area contributed by atoms with Crippen LogP contribution in [0.5, 0.6) is 0 Å². The summed E-state index contributed by atoms with van der Waals surface area (Å²) in [5, 5.41) is 2.08. The minimum Gasteiger partial charge on any atom is -0.361 e. The molecule has 36 heavy (non-hydrogen) atoms. The molecule has 4 aromatic rings. The minimum atomic E-state index is -3.47. The van der Waals surface area contributed by atoms with Gasteiger partial charge in [-0.1, -0.05) is 121 Å². The number of benzene rings is 4. The number of rotatable bonds is 8. The zero-order valence-electron chi connectivity index (χ0n) is 19.5. The van der Waals surface area contributed by atoms with E-state index < -0.39 is 26.1 Å². The molecule has 0 saturated heterocycles. The van der Waals surface area contributed by atoms with Crippen LogP contribution in [0.1, 0.15) is 0 Å². The van der Waals surface area contributed by atoms with Gasteiger partial charge in [0.05, 0.1) is 12.6 Å². The summed E-state index contributed by atoms with van der Waals surface area (Å²) in [5.74, 6) is -2.23. The van der Waals surface area contributed by atoms with E-state index in [0.29, 0.717) is 21.2 Å². The fourth-order valence-electron chi connectivity index (χ4n) is 4.11. The van der Waals surface area contributed by atoms with Crippen molar-refractivity contribution in [3.8, 4) is 0 Å². The van der Waals surface area contributed by atoms with Crippen LogP contribution in [0.3, 0.4) is 0 Å². The summed E-state index contributed by atoms with van der Waals surface area (Å²) in [5.41, 5.74) is 5.42. The second-order valence-electron chi connectivity index (χ2n) is 8.31. The van der Waals surface area contributed by atoms with Crippen molar-refractivity contribution in [1.82, 2.24) is 4.90 Å². The van der Waals surface area contributed by atoms with Crippen molar-refractivity contribution in [1.29, 1.82) is 0 Å². The number of carbonyl (C=O) groups excluding carboxylic acids is 2. The summed E-state index contributed by atoms with van der Waals surface area (Å²) >= 11 is 0. The summed E-state index contributed by atoms with van der Waals surface area (Å²) in [6, 6.07) is 35.2. The van der Waals surface area contributed by atoms with E-state index in [1.807, 2.05) is 24.3 Å². The lowest BCUT2D eigenvalue weighted by Crippen LogP contribution is -2.44. The highest BCUT2D eigenvalue weighted by atomic mass is 31.2. The van der Waals surface area contributed by atoms with Gasteiger partial charge in [0.15, 0.2) is 14.3 Å². The van der Waals surface area contributed by atoms with E-state index in [0.717, 1.165) is 4.90 Å². The van der Waals surface area contributed by atoms with Crippen LogP contribution < -0.4 is 27.0 Å². The van der Waals surface area contributed by atoms with Crippen LogP contribution in [0.25, 0.3) is 0 Å². The van der Waals surface area contributed by atoms with E-state index >= 15 is 0 Å². The van der Waals surface area contributed by atoms with Crippen molar-refractivity contribution >= 4 is 47.3 Å². The maximum absolute atomic E-state index is 14.7. The zero-order valence-corrected chi connectivity index (χ0v) is 21.3. The topological polar surface area (TPSA) is 97.5 Å². The van der Waals surface area contributed by atoms with Gasteiger partial charge in [0, 0.05) is 21.2 Å². The molecule has 0 aliphatic rings. The molecule has 4 rings (SSSR count). The molecular formula is C28H26N2O4P2. The number of hydrogen-bond acceptors (Lipinski definition) is 4. The molecule has 0 radical (unpaired) electrons. The first-order valence-corrected chi connectivity index (χ1v) is 15.1. The smallest absolute Gasteiger partial charge is 0.312 e. The Morgan fingerprint density at radius 3 is 1.00 bits per heavy atom. The number of amides is 2. The molecule has 0 spiro atoms. The van der Waals surface area contributed by atoms with Gasteiger partial charge in [-0.05, 0) is 0 Å². The molecule has 182 valence electrons. The predicted octanol–water partition coefficient (Wildman–Crippen LogP) is 3.24. The molecular weight excluding hydrogens is 490 g/mol. The maximum atomic E-state index is 14.7. The molecule has 8 heteroatoms. The molecule has 2 N–H and O–H groups in total. The SMILES string of the molecule is NC(=O)C(=O)N(CP(=O)(c1ccccc1)c1ccccc1)CP(=O)(c1ccccc1)c1ccccc1. The van der Waals surface area contributed by atoms with E-state index in [9.17, 15) is 18.7 Å². The number of primary amides is 1. The Kier molecular flexibility index (Phi) is 7.69. The largest absolute Gasteiger partial charge is 0.361 e. The first-order valence-electron chi connectivity index (χ1n) is 11.3. The second kappa shape index (κ2) is 10.9. The monoisotopic (exact) mass is 516 g/mol. The van der Waals surface area contributed by atoms with Gasteiger partial charge in [0.1, 0.15) is 0 Å². The van der Waals surface area contributed by atoms with Crippen LogP contribution in [0.15, 0.2) is 121 Å². The van der Waals surface area contributed by atoms with E-state index in [1.165, 1.54) is 0 Å². The molecule has 0 unspecified atom stereocenters. The first kappa shape index (κ1) is 25.4. The van der Waals surface area contributed by atoms with E-state index in [-0.39, 0.29) is 12.6 Å². The van der Waals surface area contributed by atoms with Crippen LogP contribution in [0.2, 0.25) is 0 Å². The van der Waals surface area contributed by atoms with Crippen molar-refractivity contribution in [3.63, 3.8) is 0 Å².